The molecule has 0 aliphatic heterocycles. The molecule has 1 aromatic rings. The minimum Gasteiger partial charge on any atom is -0.478 e. The largest absolute Gasteiger partial charge is 0.478 e. The first-order valence-corrected chi connectivity index (χ1v) is 5.67. The lowest BCUT2D eigenvalue weighted by molar-refractivity contribution is -0.131. The maximum Gasteiger partial charge on any atom is 0.328 e. The van der Waals surface area contributed by atoms with Crippen molar-refractivity contribution >= 4 is 12.0 Å². The second kappa shape index (κ2) is 7.25. The van der Waals surface area contributed by atoms with Gasteiger partial charge >= 0.3 is 5.97 Å². The Hall–Kier alpha value is -2.12. The molecule has 18 heavy (non-hydrogen) atoms. The van der Waals surface area contributed by atoms with Gasteiger partial charge in [-0.3, -0.25) is 0 Å². The summed E-state index contributed by atoms with van der Waals surface area (Å²) in [5, 5.41) is 17.0. The molecule has 0 fully saturated rings. The zero-order valence-electron chi connectivity index (χ0n) is 10.3. The molecule has 0 unspecified atom stereocenters. The standard InChI is InChI=1S/C14H16N2O2/c1-16(10-2-9-15)11-13-5-3-12(4-6-13)7-8-14(17)18/h3-8H,2,10-11H2,1H3,(H,17,18). The molecule has 0 aliphatic rings. The number of carboxylic acid groups (broad SMARTS) is 1. The van der Waals surface area contributed by atoms with Crippen molar-refractivity contribution in [3.8, 4) is 6.07 Å². The zero-order chi connectivity index (χ0) is 13.4. The summed E-state index contributed by atoms with van der Waals surface area (Å²) in [5.74, 6) is -0.949. The molecule has 0 radical (unpaired) electrons. The Morgan fingerprint density at radius 3 is 2.67 bits per heavy atom. The minimum atomic E-state index is -0.949. The van der Waals surface area contributed by atoms with Crippen molar-refractivity contribution in [2.75, 3.05) is 13.6 Å². The normalized spacial score (nSPS) is 10.7. The van der Waals surface area contributed by atoms with E-state index in [0.29, 0.717) is 6.42 Å². The van der Waals surface area contributed by atoms with Crippen LogP contribution in [0.2, 0.25) is 0 Å². The third-order valence-corrected chi connectivity index (χ3v) is 2.46. The van der Waals surface area contributed by atoms with Gasteiger partial charge in [0.15, 0.2) is 0 Å². The van der Waals surface area contributed by atoms with Crippen molar-refractivity contribution in [2.24, 2.45) is 0 Å². The lowest BCUT2D eigenvalue weighted by Crippen LogP contribution is -2.18. The maximum absolute atomic E-state index is 10.4. The van der Waals surface area contributed by atoms with Crippen molar-refractivity contribution in [1.82, 2.24) is 4.90 Å². The third-order valence-electron chi connectivity index (χ3n) is 2.46. The molecule has 0 saturated heterocycles. The third kappa shape index (κ3) is 5.28. The van der Waals surface area contributed by atoms with E-state index < -0.39 is 5.97 Å². The van der Waals surface area contributed by atoms with Gasteiger partial charge in [-0.2, -0.15) is 5.26 Å². The Bertz CT molecular complexity index is 458. The topological polar surface area (TPSA) is 64.3 Å². The van der Waals surface area contributed by atoms with Crippen LogP contribution in [0.15, 0.2) is 30.3 Å². The maximum atomic E-state index is 10.4. The molecule has 0 atom stereocenters. The average molecular weight is 244 g/mol. The van der Waals surface area contributed by atoms with Gasteiger partial charge in [0.1, 0.15) is 0 Å². The van der Waals surface area contributed by atoms with Gasteiger partial charge in [-0.1, -0.05) is 24.3 Å². The van der Waals surface area contributed by atoms with E-state index in [2.05, 4.69) is 11.0 Å². The van der Waals surface area contributed by atoms with Crippen molar-refractivity contribution in [1.29, 1.82) is 5.26 Å². The number of benzene rings is 1. The van der Waals surface area contributed by atoms with Gasteiger partial charge in [-0.25, -0.2) is 4.79 Å². The van der Waals surface area contributed by atoms with Crippen LogP contribution in [0.25, 0.3) is 6.08 Å². The van der Waals surface area contributed by atoms with Crippen molar-refractivity contribution < 1.29 is 9.90 Å². The van der Waals surface area contributed by atoms with E-state index in [1.165, 1.54) is 0 Å². The van der Waals surface area contributed by atoms with Crippen LogP contribution in [0.4, 0.5) is 0 Å². The summed E-state index contributed by atoms with van der Waals surface area (Å²) in [6.45, 7) is 1.53. The van der Waals surface area contributed by atoms with Gasteiger partial charge in [0.05, 0.1) is 6.07 Å². The number of rotatable bonds is 6. The highest BCUT2D eigenvalue weighted by Gasteiger charge is 1.99. The molecule has 0 saturated carbocycles. The SMILES string of the molecule is CN(CCC#N)Cc1ccc(C=CC(=O)O)cc1. The second-order valence-corrected chi connectivity index (χ2v) is 4.06. The van der Waals surface area contributed by atoms with Crippen LogP contribution in [0.5, 0.6) is 0 Å². The Balaban J connectivity index is 2.55. The molecule has 0 heterocycles. The summed E-state index contributed by atoms with van der Waals surface area (Å²) in [7, 11) is 1.97. The van der Waals surface area contributed by atoms with Gasteiger partial charge < -0.3 is 10.0 Å². The van der Waals surface area contributed by atoms with E-state index in [1.54, 1.807) is 6.08 Å². The number of carbonyl (C=O) groups is 1. The highest BCUT2D eigenvalue weighted by Crippen LogP contribution is 2.08. The minimum absolute atomic E-state index is 0.524. The lowest BCUT2D eigenvalue weighted by atomic mass is 10.1. The first kappa shape index (κ1) is 13.9. The molecule has 1 rings (SSSR count). The van der Waals surface area contributed by atoms with E-state index in [4.69, 9.17) is 10.4 Å². The van der Waals surface area contributed by atoms with Crippen LogP contribution in [-0.2, 0) is 11.3 Å². The number of hydrogen-bond acceptors (Lipinski definition) is 3. The smallest absolute Gasteiger partial charge is 0.328 e. The van der Waals surface area contributed by atoms with Crippen LogP contribution in [-0.4, -0.2) is 29.6 Å². The predicted octanol–water partition coefficient (Wildman–Crippen LogP) is 2.13. The highest BCUT2D eigenvalue weighted by molar-refractivity contribution is 5.85. The van der Waals surface area contributed by atoms with E-state index in [-0.39, 0.29) is 0 Å². The van der Waals surface area contributed by atoms with Gasteiger partial charge in [-0.15, -0.1) is 0 Å². The lowest BCUT2D eigenvalue weighted by Gasteiger charge is -2.14. The summed E-state index contributed by atoms with van der Waals surface area (Å²) in [4.78, 5) is 12.4. The van der Waals surface area contributed by atoms with Crippen molar-refractivity contribution in [3.63, 3.8) is 0 Å². The Morgan fingerprint density at radius 2 is 2.11 bits per heavy atom. The zero-order valence-corrected chi connectivity index (χ0v) is 10.3. The Labute approximate surface area is 107 Å². The summed E-state index contributed by atoms with van der Waals surface area (Å²) in [5.41, 5.74) is 2.00. The summed E-state index contributed by atoms with van der Waals surface area (Å²) in [6.07, 6.45) is 3.20. The highest BCUT2D eigenvalue weighted by atomic mass is 16.4. The van der Waals surface area contributed by atoms with Crippen LogP contribution in [0.1, 0.15) is 17.5 Å². The molecular weight excluding hydrogens is 228 g/mol. The van der Waals surface area contributed by atoms with Gasteiger partial charge in [0.25, 0.3) is 0 Å². The number of hydrogen-bond donors (Lipinski definition) is 1. The number of carboxylic acids is 1. The average Bonchev–Trinajstić information content (AvgIpc) is 2.35. The molecular formula is C14H16N2O2. The number of aliphatic carboxylic acids is 1. The van der Waals surface area contributed by atoms with Gasteiger partial charge in [0, 0.05) is 25.6 Å². The van der Waals surface area contributed by atoms with E-state index >= 15 is 0 Å². The van der Waals surface area contributed by atoms with Crippen LogP contribution >= 0.6 is 0 Å². The predicted molar refractivity (Wildman–Crippen MR) is 69.7 cm³/mol. The van der Waals surface area contributed by atoms with E-state index in [0.717, 1.165) is 30.3 Å². The molecule has 94 valence electrons. The van der Waals surface area contributed by atoms with Crippen LogP contribution in [0, 0.1) is 11.3 Å². The molecule has 4 heteroatoms. The molecule has 0 bridgehead atoms. The van der Waals surface area contributed by atoms with Crippen molar-refractivity contribution in [3.05, 3.63) is 41.5 Å². The molecule has 1 N–H and O–H groups in total. The molecule has 1 aromatic carbocycles. The Kier molecular flexibility index (Phi) is 5.62. The summed E-state index contributed by atoms with van der Waals surface area (Å²) >= 11 is 0. The monoisotopic (exact) mass is 244 g/mol. The van der Waals surface area contributed by atoms with E-state index in [1.807, 2.05) is 31.3 Å². The molecule has 4 nitrogen and oxygen atoms in total. The first-order valence-electron chi connectivity index (χ1n) is 5.67. The van der Waals surface area contributed by atoms with Crippen molar-refractivity contribution in [2.45, 2.75) is 13.0 Å². The second-order valence-electron chi connectivity index (χ2n) is 4.06. The molecule has 0 spiro atoms. The number of nitriles is 1. The quantitative estimate of drug-likeness (QED) is 0.778. The first-order chi connectivity index (χ1) is 8.61. The molecule has 0 aliphatic carbocycles. The van der Waals surface area contributed by atoms with Gasteiger partial charge in [0.2, 0.25) is 0 Å². The Morgan fingerprint density at radius 1 is 1.44 bits per heavy atom. The molecule has 0 aromatic heterocycles. The number of nitrogens with zero attached hydrogens (tertiary/aromatic N) is 2. The molecule has 0 amide bonds. The fourth-order valence-electron chi connectivity index (χ4n) is 1.53. The summed E-state index contributed by atoms with van der Waals surface area (Å²) < 4.78 is 0. The summed E-state index contributed by atoms with van der Waals surface area (Å²) in [6, 6.07) is 9.80. The fourth-order valence-corrected chi connectivity index (χ4v) is 1.53. The van der Waals surface area contributed by atoms with E-state index in [9.17, 15) is 4.79 Å². The van der Waals surface area contributed by atoms with Crippen LogP contribution < -0.4 is 0 Å². The van der Waals surface area contributed by atoms with Gasteiger partial charge in [-0.05, 0) is 24.3 Å². The fraction of sp³-hybridized carbons (Fsp3) is 0.286. The van der Waals surface area contributed by atoms with Crippen LogP contribution in [0.3, 0.4) is 0 Å².